The van der Waals surface area contributed by atoms with Crippen LogP contribution in [0.15, 0.2) is 41.4 Å². The molecule has 108 valence electrons. The predicted molar refractivity (Wildman–Crippen MR) is 78.6 cm³/mol. The van der Waals surface area contributed by atoms with Crippen LogP contribution in [-0.4, -0.2) is 19.3 Å². The second-order valence-electron chi connectivity index (χ2n) is 4.84. The maximum atomic E-state index is 12.4. The van der Waals surface area contributed by atoms with Gasteiger partial charge in [0, 0.05) is 17.6 Å². The molecule has 3 rings (SSSR count). The molecule has 0 saturated carbocycles. The van der Waals surface area contributed by atoms with Crippen LogP contribution in [-0.2, 0) is 21.2 Å². The molecule has 0 bridgehead atoms. The zero-order valence-electron chi connectivity index (χ0n) is 11.3. The summed E-state index contributed by atoms with van der Waals surface area (Å²) in [5.74, 6) is -0.128. The molecule has 0 fully saturated rings. The molecule has 2 aromatic rings. The summed E-state index contributed by atoms with van der Waals surface area (Å²) in [4.78, 5) is 15.5. The number of amides is 1. The molecule has 1 aliphatic heterocycles. The molecule has 0 aliphatic carbocycles. The van der Waals surface area contributed by atoms with E-state index in [9.17, 15) is 13.2 Å². The quantitative estimate of drug-likeness (QED) is 0.903. The summed E-state index contributed by atoms with van der Waals surface area (Å²) >= 11 is 0. The van der Waals surface area contributed by atoms with E-state index in [1.165, 1.54) is 12.1 Å². The summed E-state index contributed by atoms with van der Waals surface area (Å²) in [5.41, 5.74) is 2.53. The predicted octanol–water partition coefficient (Wildman–Crippen LogP) is 1.69. The maximum Gasteiger partial charge on any atom is 0.261 e. The molecule has 1 aromatic heterocycles. The standard InChI is InChI=1S/C14H13N3O3S/c1-9-6-11(4-5-15-9)17-21(19,20)12-2-3-13-10(7-12)8-14(18)16-13/h2-7H,8H2,1H3,(H,15,17)(H,16,18). The largest absolute Gasteiger partial charge is 0.326 e. The highest BCUT2D eigenvalue weighted by Gasteiger charge is 2.21. The molecule has 0 atom stereocenters. The molecular weight excluding hydrogens is 290 g/mol. The van der Waals surface area contributed by atoms with Gasteiger partial charge in [-0.25, -0.2) is 8.42 Å². The zero-order chi connectivity index (χ0) is 15.0. The van der Waals surface area contributed by atoms with Gasteiger partial charge < -0.3 is 5.32 Å². The lowest BCUT2D eigenvalue weighted by atomic mass is 10.2. The lowest BCUT2D eigenvalue weighted by Crippen LogP contribution is -2.13. The summed E-state index contributed by atoms with van der Waals surface area (Å²) in [5, 5.41) is 2.67. The number of anilines is 2. The topological polar surface area (TPSA) is 88.2 Å². The first-order chi connectivity index (χ1) is 9.94. The third-order valence-corrected chi connectivity index (χ3v) is 4.54. The maximum absolute atomic E-state index is 12.4. The number of rotatable bonds is 3. The minimum absolute atomic E-state index is 0.128. The number of pyridine rings is 1. The van der Waals surface area contributed by atoms with Crippen LogP contribution in [0.2, 0.25) is 0 Å². The number of aromatic nitrogens is 1. The smallest absolute Gasteiger partial charge is 0.261 e. The van der Waals surface area contributed by atoms with Crippen LogP contribution in [0.4, 0.5) is 11.4 Å². The second-order valence-corrected chi connectivity index (χ2v) is 6.52. The first kappa shape index (κ1) is 13.6. The SMILES string of the molecule is Cc1cc(NS(=O)(=O)c2ccc3c(c2)CC(=O)N3)ccn1. The van der Waals surface area contributed by atoms with Crippen molar-refractivity contribution in [3.05, 3.63) is 47.8 Å². The molecule has 0 radical (unpaired) electrons. The van der Waals surface area contributed by atoms with Gasteiger partial charge in [-0.1, -0.05) is 0 Å². The molecule has 0 unspecified atom stereocenters. The Hall–Kier alpha value is -2.41. The highest BCUT2D eigenvalue weighted by Crippen LogP contribution is 2.26. The summed E-state index contributed by atoms with van der Waals surface area (Å²) in [6, 6.07) is 7.83. The number of nitrogens with one attached hydrogen (secondary N) is 2. The fourth-order valence-corrected chi connectivity index (χ4v) is 3.30. The Kier molecular flexibility index (Phi) is 3.13. The minimum atomic E-state index is -3.69. The Balaban J connectivity index is 1.92. The second kappa shape index (κ2) is 4.85. The molecule has 0 saturated heterocycles. The number of carbonyl (C=O) groups is 1. The van der Waals surface area contributed by atoms with Crippen LogP contribution in [0.1, 0.15) is 11.3 Å². The van der Waals surface area contributed by atoms with Gasteiger partial charge in [0.1, 0.15) is 0 Å². The fraction of sp³-hybridized carbons (Fsp3) is 0.143. The molecule has 2 N–H and O–H groups in total. The van der Waals surface area contributed by atoms with E-state index in [4.69, 9.17) is 0 Å². The number of fused-ring (bicyclic) bond motifs is 1. The van der Waals surface area contributed by atoms with Crippen LogP contribution in [0, 0.1) is 6.92 Å². The van der Waals surface area contributed by atoms with Crippen LogP contribution in [0.3, 0.4) is 0 Å². The van der Waals surface area contributed by atoms with Gasteiger partial charge in [0.15, 0.2) is 0 Å². The lowest BCUT2D eigenvalue weighted by Gasteiger charge is -2.09. The molecule has 1 amide bonds. The number of hydrogen-bond acceptors (Lipinski definition) is 4. The van der Waals surface area contributed by atoms with Gasteiger partial charge in [-0.2, -0.15) is 0 Å². The van der Waals surface area contributed by atoms with Crippen molar-refractivity contribution in [2.75, 3.05) is 10.0 Å². The van der Waals surface area contributed by atoms with Gasteiger partial charge in [0.05, 0.1) is 17.0 Å². The Bertz CT molecular complexity index is 831. The molecule has 6 nitrogen and oxygen atoms in total. The molecule has 0 spiro atoms. The van der Waals surface area contributed by atoms with Crippen molar-refractivity contribution in [2.24, 2.45) is 0 Å². The summed E-state index contributed by atoms with van der Waals surface area (Å²) < 4.78 is 27.2. The van der Waals surface area contributed by atoms with Gasteiger partial charge in [0.25, 0.3) is 10.0 Å². The molecule has 2 heterocycles. The number of carbonyl (C=O) groups excluding carboxylic acids is 1. The summed E-state index contributed by atoms with van der Waals surface area (Å²) in [7, 11) is -3.69. The van der Waals surface area contributed by atoms with Gasteiger partial charge >= 0.3 is 0 Å². The molecule has 1 aromatic carbocycles. The van der Waals surface area contributed by atoms with E-state index >= 15 is 0 Å². The monoisotopic (exact) mass is 303 g/mol. The van der Waals surface area contributed by atoms with Crippen LogP contribution in [0.5, 0.6) is 0 Å². The summed E-state index contributed by atoms with van der Waals surface area (Å²) in [6.07, 6.45) is 1.74. The summed E-state index contributed by atoms with van der Waals surface area (Å²) in [6.45, 7) is 1.78. The van der Waals surface area contributed by atoms with Crippen LogP contribution < -0.4 is 10.0 Å². The van der Waals surface area contributed by atoms with Crippen molar-refractivity contribution in [3.63, 3.8) is 0 Å². The average Bonchev–Trinajstić information content (AvgIpc) is 2.77. The van der Waals surface area contributed by atoms with Crippen molar-refractivity contribution in [2.45, 2.75) is 18.2 Å². The van der Waals surface area contributed by atoms with E-state index in [0.717, 1.165) is 5.69 Å². The normalized spacial score (nSPS) is 13.7. The van der Waals surface area contributed by atoms with E-state index in [1.54, 1.807) is 31.3 Å². The Morgan fingerprint density at radius 2 is 2.05 bits per heavy atom. The molecular formula is C14H13N3O3S. The van der Waals surface area contributed by atoms with Crippen molar-refractivity contribution in [1.82, 2.24) is 4.98 Å². The average molecular weight is 303 g/mol. The Morgan fingerprint density at radius 1 is 1.24 bits per heavy atom. The van der Waals surface area contributed by atoms with Gasteiger partial charge in [-0.15, -0.1) is 0 Å². The highest BCUT2D eigenvalue weighted by molar-refractivity contribution is 7.92. The number of nitrogens with zero attached hydrogens (tertiary/aromatic N) is 1. The zero-order valence-corrected chi connectivity index (χ0v) is 12.1. The van der Waals surface area contributed by atoms with E-state index in [-0.39, 0.29) is 17.2 Å². The van der Waals surface area contributed by atoms with Gasteiger partial charge in [-0.3, -0.25) is 14.5 Å². The third-order valence-electron chi connectivity index (χ3n) is 3.16. The molecule has 1 aliphatic rings. The lowest BCUT2D eigenvalue weighted by molar-refractivity contribution is -0.115. The van der Waals surface area contributed by atoms with Crippen molar-refractivity contribution in [1.29, 1.82) is 0 Å². The van der Waals surface area contributed by atoms with Crippen LogP contribution >= 0.6 is 0 Å². The number of sulfonamides is 1. The van der Waals surface area contributed by atoms with Gasteiger partial charge in [0.2, 0.25) is 5.91 Å². The van der Waals surface area contributed by atoms with E-state index in [1.807, 2.05) is 0 Å². The van der Waals surface area contributed by atoms with Crippen molar-refractivity contribution >= 4 is 27.3 Å². The van der Waals surface area contributed by atoms with E-state index < -0.39 is 10.0 Å². The Morgan fingerprint density at radius 3 is 2.81 bits per heavy atom. The molecule has 7 heteroatoms. The van der Waals surface area contributed by atoms with Crippen LogP contribution in [0.25, 0.3) is 0 Å². The van der Waals surface area contributed by atoms with E-state index in [0.29, 0.717) is 16.9 Å². The Labute approximate surface area is 122 Å². The van der Waals surface area contributed by atoms with Crippen molar-refractivity contribution < 1.29 is 13.2 Å². The number of benzene rings is 1. The first-order valence-corrected chi connectivity index (χ1v) is 7.81. The number of aryl methyl sites for hydroxylation is 1. The fourth-order valence-electron chi connectivity index (χ4n) is 2.20. The van der Waals surface area contributed by atoms with Crippen molar-refractivity contribution in [3.8, 4) is 0 Å². The highest BCUT2D eigenvalue weighted by atomic mass is 32.2. The first-order valence-electron chi connectivity index (χ1n) is 6.32. The van der Waals surface area contributed by atoms with Gasteiger partial charge in [-0.05, 0) is 42.8 Å². The number of hydrogen-bond donors (Lipinski definition) is 2. The molecule has 21 heavy (non-hydrogen) atoms. The minimum Gasteiger partial charge on any atom is -0.326 e. The van der Waals surface area contributed by atoms with E-state index in [2.05, 4.69) is 15.0 Å². The third kappa shape index (κ3) is 2.73.